The van der Waals surface area contributed by atoms with Crippen LogP contribution in [0.1, 0.15) is 12.0 Å². The lowest BCUT2D eigenvalue weighted by molar-refractivity contribution is 0.318. The molecule has 1 aromatic heterocycles. The summed E-state index contributed by atoms with van der Waals surface area (Å²) in [6.45, 7) is 0.635. The first-order valence-corrected chi connectivity index (χ1v) is 8.98. The molecule has 0 saturated carbocycles. The van der Waals surface area contributed by atoms with Crippen molar-refractivity contribution >= 4 is 34.9 Å². The van der Waals surface area contributed by atoms with Crippen molar-refractivity contribution in [2.45, 2.75) is 15.1 Å². The molecule has 0 atom stereocenters. The molecule has 1 heterocycles. The van der Waals surface area contributed by atoms with E-state index in [4.69, 9.17) is 10.00 Å². The highest BCUT2D eigenvalue weighted by Gasteiger charge is 2.03. The minimum atomic E-state index is 0.621. The maximum atomic E-state index is 8.80. The number of nitrogens with zero attached hydrogens (tertiary/aromatic N) is 3. The van der Waals surface area contributed by atoms with Crippen molar-refractivity contribution in [2.24, 2.45) is 0 Å². The van der Waals surface area contributed by atoms with Crippen LogP contribution < -0.4 is 4.74 Å². The Hall–Kier alpha value is -1.23. The second kappa shape index (κ2) is 8.15. The average Bonchev–Trinajstić information content (AvgIpc) is 2.95. The van der Waals surface area contributed by atoms with E-state index in [0.717, 1.165) is 26.6 Å². The van der Waals surface area contributed by atoms with Gasteiger partial charge in [0, 0.05) is 5.75 Å². The van der Waals surface area contributed by atoms with E-state index >= 15 is 0 Å². The van der Waals surface area contributed by atoms with Gasteiger partial charge in [0.05, 0.1) is 18.2 Å². The molecular formula is C13H13N3OS3. The van der Waals surface area contributed by atoms with Crippen LogP contribution in [0.3, 0.4) is 0 Å². The Balaban J connectivity index is 1.67. The fourth-order valence-electron chi connectivity index (χ4n) is 1.40. The zero-order valence-corrected chi connectivity index (χ0v) is 13.4. The van der Waals surface area contributed by atoms with E-state index < -0.39 is 0 Å². The van der Waals surface area contributed by atoms with E-state index in [-0.39, 0.29) is 0 Å². The largest absolute Gasteiger partial charge is 0.494 e. The van der Waals surface area contributed by atoms with Gasteiger partial charge in [-0.3, -0.25) is 0 Å². The molecule has 0 amide bonds. The maximum Gasteiger partial charge on any atom is 0.175 e. The van der Waals surface area contributed by atoms with Crippen LogP contribution in [0.15, 0.2) is 32.9 Å². The number of aromatic nitrogens is 2. The fourth-order valence-corrected chi connectivity index (χ4v) is 3.82. The summed E-state index contributed by atoms with van der Waals surface area (Å²) in [7, 11) is 0. The topological polar surface area (TPSA) is 58.8 Å². The monoisotopic (exact) mass is 323 g/mol. The van der Waals surface area contributed by atoms with Crippen molar-refractivity contribution in [2.75, 3.05) is 18.6 Å². The van der Waals surface area contributed by atoms with E-state index in [9.17, 15) is 0 Å². The standard InChI is InChI=1S/C13H13N3OS3/c1-18-12-15-16-13(20-12)19-7-3-6-17-11-5-2-4-10(8-11)9-14/h2,4-5,8H,3,6-7H2,1H3. The van der Waals surface area contributed by atoms with E-state index in [2.05, 4.69) is 16.3 Å². The van der Waals surface area contributed by atoms with Crippen molar-refractivity contribution in [1.29, 1.82) is 5.26 Å². The number of nitriles is 1. The Bertz CT molecular complexity index is 595. The van der Waals surface area contributed by atoms with E-state index in [1.165, 1.54) is 0 Å². The van der Waals surface area contributed by atoms with Crippen molar-refractivity contribution in [3.63, 3.8) is 0 Å². The van der Waals surface area contributed by atoms with Crippen LogP contribution >= 0.6 is 34.9 Å². The first-order chi connectivity index (χ1) is 9.81. The Kier molecular flexibility index (Phi) is 6.18. The predicted octanol–water partition coefficient (Wildman–Crippen LogP) is 3.69. The third-order valence-electron chi connectivity index (χ3n) is 2.31. The van der Waals surface area contributed by atoms with Crippen LogP contribution in [-0.2, 0) is 0 Å². The minimum absolute atomic E-state index is 0.621. The Morgan fingerprint density at radius 1 is 1.35 bits per heavy atom. The number of ether oxygens (including phenoxy) is 1. The Labute approximate surface area is 130 Å². The van der Waals surface area contributed by atoms with Crippen molar-refractivity contribution < 1.29 is 4.74 Å². The van der Waals surface area contributed by atoms with Gasteiger partial charge in [-0.15, -0.1) is 10.2 Å². The van der Waals surface area contributed by atoms with Gasteiger partial charge >= 0.3 is 0 Å². The second-order valence-corrected chi connectivity index (χ2v) is 7.10. The number of hydrogen-bond donors (Lipinski definition) is 0. The Morgan fingerprint density at radius 2 is 2.20 bits per heavy atom. The highest BCUT2D eigenvalue weighted by molar-refractivity contribution is 8.02. The minimum Gasteiger partial charge on any atom is -0.494 e. The van der Waals surface area contributed by atoms with E-state index in [1.54, 1.807) is 47.0 Å². The zero-order chi connectivity index (χ0) is 14.2. The van der Waals surface area contributed by atoms with Gasteiger partial charge < -0.3 is 4.74 Å². The molecule has 0 spiro atoms. The van der Waals surface area contributed by atoms with Crippen LogP contribution in [-0.4, -0.2) is 28.8 Å². The van der Waals surface area contributed by atoms with Gasteiger partial charge in [0.15, 0.2) is 8.68 Å². The van der Waals surface area contributed by atoms with Crippen LogP contribution in [0.4, 0.5) is 0 Å². The number of hydrogen-bond acceptors (Lipinski definition) is 7. The van der Waals surface area contributed by atoms with Crippen LogP contribution in [0.2, 0.25) is 0 Å². The normalized spacial score (nSPS) is 10.2. The van der Waals surface area contributed by atoms with Gasteiger partial charge in [0.25, 0.3) is 0 Å². The maximum absolute atomic E-state index is 8.80. The molecule has 4 nitrogen and oxygen atoms in total. The molecule has 2 aromatic rings. The first kappa shape index (κ1) is 15.2. The van der Waals surface area contributed by atoms with Gasteiger partial charge in [-0.2, -0.15) is 5.26 Å². The summed E-state index contributed by atoms with van der Waals surface area (Å²) in [4.78, 5) is 0. The summed E-state index contributed by atoms with van der Waals surface area (Å²) in [6.07, 6.45) is 2.92. The summed E-state index contributed by atoms with van der Waals surface area (Å²) < 4.78 is 7.61. The van der Waals surface area contributed by atoms with Crippen molar-refractivity contribution in [3.8, 4) is 11.8 Å². The first-order valence-electron chi connectivity index (χ1n) is 5.95. The molecule has 0 aliphatic carbocycles. The van der Waals surface area contributed by atoms with Gasteiger partial charge in [-0.25, -0.2) is 0 Å². The van der Waals surface area contributed by atoms with E-state index in [1.807, 2.05) is 18.4 Å². The van der Waals surface area contributed by atoms with Gasteiger partial charge in [-0.05, 0) is 30.9 Å². The van der Waals surface area contributed by atoms with Gasteiger partial charge in [0.1, 0.15) is 5.75 Å². The molecule has 0 fully saturated rings. The Morgan fingerprint density at radius 3 is 2.95 bits per heavy atom. The fraction of sp³-hybridized carbons (Fsp3) is 0.308. The third-order valence-corrected chi connectivity index (χ3v) is 5.43. The molecule has 0 unspecified atom stereocenters. The molecule has 20 heavy (non-hydrogen) atoms. The van der Waals surface area contributed by atoms with Crippen molar-refractivity contribution in [3.05, 3.63) is 29.8 Å². The average molecular weight is 323 g/mol. The van der Waals surface area contributed by atoms with Gasteiger partial charge in [-0.1, -0.05) is 40.9 Å². The van der Waals surface area contributed by atoms with Crippen molar-refractivity contribution in [1.82, 2.24) is 10.2 Å². The smallest absolute Gasteiger partial charge is 0.175 e. The molecule has 0 aliphatic rings. The lowest BCUT2D eigenvalue weighted by atomic mass is 10.2. The molecule has 2 rings (SSSR count). The molecule has 0 radical (unpaired) electrons. The molecule has 0 bridgehead atoms. The number of thioether (sulfide) groups is 2. The lowest BCUT2D eigenvalue weighted by Crippen LogP contribution is -1.98. The SMILES string of the molecule is CSc1nnc(SCCCOc2cccc(C#N)c2)s1. The molecule has 0 N–H and O–H groups in total. The van der Waals surface area contributed by atoms with Crippen LogP contribution in [0.5, 0.6) is 5.75 Å². The summed E-state index contributed by atoms with van der Waals surface area (Å²) in [5, 5.41) is 16.9. The second-order valence-electron chi connectivity index (χ2n) is 3.73. The van der Waals surface area contributed by atoms with Crippen LogP contribution in [0.25, 0.3) is 0 Å². The third kappa shape index (κ3) is 4.71. The predicted molar refractivity (Wildman–Crippen MR) is 83.7 cm³/mol. The summed E-state index contributed by atoms with van der Waals surface area (Å²) in [5.41, 5.74) is 0.621. The summed E-state index contributed by atoms with van der Waals surface area (Å²) in [6, 6.07) is 9.31. The summed E-state index contributed by atoms with van der Waals surface area (Å²) in [5.74, 6) is 1.69. The molecular weight excluding hydrogens is 310 g/mol. The molecule has 104 valence electrons. The zero-order valence-electron chi connectivity index (χ0n) is 10.9. The van der Waals surface area contributed by atoms with Gasteiger partial charge in [0.2, 0.25) is 0 Å². The molecule has 1 aromatic carbocycles. The molecule has 0 aliphatic heterocycles. The molecule has 7 heteroatoms. The molecule has 0 saturated heterocycles. The number of rotatable bonds is 7. The summed E-state index contributed by atoms with van der Waals surface area (Å²) >= 11 is 4.93. The highest BCUT2D eigenvalue weighted by Crippen LogP contribution is 2.27. The quantitative estimate of drug-likeness (QED) is 0.572. The number of benzene rings is 1. The highest BCUT2D eigenvalue weighted by atomic mass is 32.2. The van der Waals surface area contributed by atoms with Crippen LogP contribution in [0, 0.1) is 11.3 Å². The van der Waals surface area contributed by atoms with E-state index in [0.29, 0.717) is 12.2 Å². The lowest BCUT2D eigenvalue weighted by Gasteiger charge is -2.05.